The number of aryl methyl sites for hydroxylation is 1. The lowest BCUT2D eigenvalue weighted by Gasteiger charge is -2.16. The van der Waals surface area contributed by atoms with Gasteiger partial charge in [-0.3, -0.25) is 4.79 Å². The molecule has 0 spiro atoms. The molecule has 1 aliphatic carbocycles. The van der Waals surface area contributed by atoms with Gasteiger partial charge in [0.1, 0.15) is 11.5 Å². The quantitative estimate of drug-likeness (QED) is 0.724. The summed E-state index contributed by atoms with van der Waals surface area (Å²) in [5.41, 5.74) is 0.589. The third kappa shape index (κ3) is 1.47. The van der Waals surface area contributed by atoms with Crippen molar-refractivity contribution in [2.75, 3.05) is 0 Å². The molecule has 0 saturated heterocycles. The molecule has 0 aliphatic heterocycles. The molecular weight excluding hydrogens is 178 g/mol. The molecule has 1 aliphatic rings. The maximum absolute atomic E-state index is 11.7. The van der Waals surface area contributed by atoms with E-state index in [0.717, 1.165) is 25.0 Å². The molecule has 3 heteroatoms. The van der Waals surface area contributed by atoms with Gasteiger partial charge in [0.15, 0.2) is 11.7 Å². The molecule has 0 aromatic carbocycles. The lowest BCUT2D eigenvalue weighted by molar-refractivity contribution is 0.0938. The largest absolute Gasteiger partial charge is 0.445 e. The van der Waals surface area contributed by atoms with Crippen LogP contribution in [0.4, 0.5) is 0 Å². The third-order valence-electron chi connectivity index (χ3n) is 2.83. The first-order valence-corrected chi connectivity index (χ1v) is 5.26. The van der Waals surface area contributed by atoms with E-state index in [1.165, 1.54) is 0 Å². The zero-order chi connectivity index (χ0) is 10.1. The van der Waals surface area contributed by atoms with Gasteiger partial charge in [-0.05, 0) is 5.92 Å². The highest BCUT2D eigenvalue weighted by molar-refractivity contribution is 5.96. The predicted molar refractivity (Wildman–Crippen MR) is 52.3 cm³/mol. The Balaban J connectivity index is 2.33. The number of hydrogen-bond donors (Lipinski definition) is 0. The van der Waals surface area contributed by atoms with Crippen molar-refractivity contribution in [1.29, 1.82) is 0 Å². The smallest absolute Gasteiger partial charge is 0.194 e. The van der Waals surface area contributed by atoms with Gasteiger partial charge in [-0.1, -0.05) is 20.3 Å². The van der Waals surface area contributed by atoms with Crippen molar-refractivity contribution in [2.45, 2.75) is 39.5 Å². The van der Waals surface area contributed by atoms with Crippen LogP contribution in [0.15, 0.2) is 4.42 Å². The van der Waals surface area contributed by atoms with E-state index >= 15 is 0 Å². The van der Waals surface area contributed by atoms with Gasteiger partial charge in [0, 0.05) is 19.3 Å². The highest BCUT2D eigenvalue weighted by atomic mass is 16.4. The molecule has 0 bridgehead atoms. The summed E-state index contributed by atoms with van der Waals surface area (Å²) in [5, 5.41) is 0. The Morgan fingerprint density at radius 2 is 2.21 bits per heavy atom. The number of Topliss-reactive ketones (excluding diaryl/α,β-unsaturated/α-hetero) is 1. The average molecular weight is 193 g/mol. The molecule has 0 amide bonds. The Morgan fingerprint density at radius 3 is 2.86 bits per heavy atom. The average Bonchev–Trinajstić information content (AvgIpc) is 2.61. The minimum Gasteiger partial charge on any atom is -0.445 e. The maximum atomic E-state index is 11.7. The van der Waals surface area contributed by atoms with E-state index in [1.807, 2.05) is 6.92 Å². The summed E-state index contributed by atoms with van der Waals surface area (Å²) in [5.74, 6) is 2.11. The lowest BCUT2D eigenvalue weighted by atomic mass is 9.88. The molecule has 1 atom stereocenters. The molecule has 1 aromatic rings. The number of aromatic nitrogens is 1. The van der Waals surface area contributed by atoms with Crippen LogP contribution in [0.3, 0.4) is 0 Å². The van der Waals surface area contributed by atoms with Crippen LogP contribution >= 0.6 is 0 Å². The second kappa shape index (κ2) is 3.56. The van der Waals surface area contributed by atoms with Crippen LogP contribution in [0.2, 0.25) is 0 Å². The molecule has 3 nitrogen and oxygen atoms in total. The number of carbonyl (C=O) groups is 1. The van der Waals surface area contributed by atoms with E-state index in [4.69, 9.17) is 4.42 Å². The van der Waals surface area contributed by atoms with Gasteiger partial charge >= 0.3 is 0 Å². The molecule has 1 heterocycles. The molecule has 0 N–H and O–H groups in total. The first-order chi connectivity index (χ1) is 6.74. The van der Waals surface area contributed by atoms with Gasteiger partial charge < -0.3 is 4.42 Å². The van der Waals surface area contributed by atoms with Crippen LogP contribution in [-0.2, 0) is 12.8 Å². The predicted octanol–water partition coefficient (Wildman–Crippen LogP) is 2.39. The lowest BCUT2D eigenvalue weighted by Crippen LogP contribution is -2.18. The summed E-state index contributed by atoms with van der Waals surface area (Å²) in [4.78, 5) is 15.9. The second-order valence-electron chi connectivity index (χ2n) is 3.84. The van der Waals surface area contributed by atoms with E-state index in [-0.39, 0.29) is 5.78 Å². The number of hydrogen-bond acceptors (Lipinski definition) is 3. The minimum atomic E-state index is 0.154. The van der Waals surface area contributed by atoms with Gasteiger partial charge in [0.25, 0.3) is 0 Å². The molecule has 76 valence electrons. The zero-order valence-electron chi connectivity index (χ0n) is 8.67. The topological polar surface area (TPSA) is 43.1 Å². The Labute approximate surface area is 83.5 Å². The Bertz CT molecular complexity index is 354. The Hall–Kier alpha value is -1.12. The van der Waals surface area contributed by atoms with E-state index in [2.05, 4.69) is 11.9 Å². The molecule has 14 heavy (non-hydrogen) atoms. The molecular formula is C11H15NO2. The number of nitrogens with zero attached hydrogens (tertiary/aromatic N) is 1. The normalized spacial score (nSPS) is 21.0. The van der Waals surface area contributed by atoms with E-state index in [1.54, 1.807) is 0 Å². The van der Waals surface area contributed by atoms with Crippen molar-refractivity contribution in [1.82, 2.24) is 4.98 Å². The van der Waals surface area contributed by atoms with Crippen LogP contribution in [0.5, 0.6) is 0 Å². The van der Waals surface area contributed by atoms with Crippen molar-refractivity contribution in [3.05, 3.63) is 17.3 Å². The zero-order valence-corrected chi connectivity index (χ0v) is 8.67. The van der Waals surface area contributed by atoms with E-state index in [0.29, 0.717) is 23.9 Å². The van der Waals surface area contributed by atoms with Crippen molar-refractivity contribution < 1.29 is 9.21 Å². The standard InChI is InChI=1S/C11H15NO2/c1-3-7-5-8(13)11-9(6-7)14-10(4-2)12-11/h7H,3-6H2,1-2H3. The summed E-state index contributed by atoms with van der Waals surface area (Å²) in [6.45, 7) is 4.10. The monoisotopic (exact) mass is 193 g/mol. The summed E-state index contributed by atoms with van der Waals surface area (Å²) in [7, 11) is 0. The number of rotatable bonds is 2. The van der Waals surface area contributed by atoms with Crippen LogP contribution in [0.25, 0.3) is 0 Å². The fraction of sp³-hybridized carbons (Fsp3) is 0.636. The van der Waals surface area contributed by atoms with E-state index < -0.39 is 0 Å². The third-order valence-corrected chi connectivity index (χ3v) is 2.83. The SMILES string of the molecule is CCc1nc2c(o1)CC(CC)CC2=O. The Kier molecular flexibility index (Phi) is 2.40. The first kappa shape index (κ1) is 9.44. The van der Waals surface area contributed by atoms with Crippen LogP contribution in [-0.4, -0.2) is 10.8 Å². The molecule has 0 saturated carbocycles. The molecule has 0 radical (unpaired) electrons. The van der Waals surface area contributed by atoms with Crippen LogP contribution < -0.4 is 0 Å². The van der Waals surface area contributed by atoms with Crippen molar-refractivity contribution in [3.63, 3.8) is 0 Å². The van der Waals surface area contributed by atoms with Gasteiger partial charge in [0.2, 0.25) is 0 Å². The molecule has 0 fully saturated rings. The molecule has 1 aromatic heterocycles. The van der Waals surface area contributed by atoms with Gasteiger partial charge in [-0.25, -0.2) is 4.98 Å². The summed E-state index contributed by atoms with van der Waals surface area (Å²) in [6.07, 6.45) is 3.31. The maximum Gasteiger partial charge on any atom is 0.194 e. The fourth-order valence-electron chi connectivity index (χ4n) is 1.89. The van der Waals surface area contributed by atoms with Gasteiger partial charge in [-0.15, -0.1) is 0 Å². The van der Waals surface area contributed by atoms with Gasteiger partial charge in [0.05, 0.1) is 0 Å². The fourth-order valence-corrected chi connectivity index (χ4v) is 1.89. The van der Waals surface area contributed by atoms with Gasteiger partial charge in [-0.2, -0.15) is 0 Å². The molecule has 1 unspecified atom stereocenters. The molecule has 2 rings (SSSR count). The number of oxazole rings is 1. The number of carbonyl (C=O) groups excluding carboxylic acids is 1. The Morgan fingerprint density at radius 1 is 1.43 bits per heavy atom. The minimum absolute atomic E-state index is 0.154. The first-order valence-electron chi connectivity index (χ1n) is 5.26. The van der Waals surface area contributed by atoms with Crippen molar-refractivity contribution in [3.8, 4) is 0 Å². The summed E-state index contributed by atoms with van der Waals surface area (Å²) < 4.78 is 5.53. The highest BCUT2D eigenvalue weighted by Gasteiger charge is 2.28. The van der Waals surface area contributed by atoms with Crippen molar-refractivity contribution in [2.24, 2.45) is 5.92 Å². The number of ketones is 1. The number of fused-ring (bicyclic) bond motifs is 1. The second-order valence-corrected chi connectivity index (χ2v) is 3.84. The highest BCUT2D eigenvalue weighted by Crippen LogP contribution is 2.27. The van der Waals surface area contributed by atoms with E-state index in [9.17, 15) is 4.79 Å². The summed E-state index contributed by atoms with van der Waals surface area (Å²) >= 11 is 0. The van der Waals surface area contributed by atoms with Crippen molar-refractivity contribution >= 4 is 5.78 Å². The summed E-state index contributed by atoms with van der Waals surface area (Å²) in [6, 6.07) is 0. The van der Waals surface area contributed by atoms with Crippen LogP contribution in [0.1, 0.15) is 48.8 Å². The van der Waals surface area contributed by atoms with Crippen LogP contribution in [0, 0.1) is 5.92 Å².